The SMILES string of the molecule is COCc1noc(CCn2cnc3ccccc32)n1.O=C(O)[C@H](O)[C@@H](O)C(=O)O. The summed E-state index contributed by atoms with van der Waals surface area (Å²) in [6, 6.07) is 8.03. The van der Waals surface area contributed by atoms with Crippen molar-refractivity contribution in [3.8, 4) is 0 Å². The molecule has 4 N–H and O–H groups in total. The Morgan fingerprint density at radius 3 is 2.45 bits per heavy atom. The van der Waals surface area contributed by atoms with Crippen molar-refractivity contribution in [2.75, 3.05) is 7.11 Å². The zero-order valence-corrected chi connectivity index (χ0v) is 15.4. The molecule has 1 aromatic carbocycles. The molecule has 156 valence electrons. The molecule has 29 heavy (non-hydrogen) atoms. The van der Waals surface area contributed by atoms with Crippen molar-refractivity contribution in [2.45, 2.75) is 31.8 Å². The van der Waals surface area contributed by atoms with Gasteiger partial charge in [-0.3, -0.25) is 0 Å². The number of nitrogens with zero attached hydrogens (tertiary/aromatic N) is 4. The van der Waals surface area contributed by atoms with Gasteiger partial charge in [-0.25, -0.2) is 14.6 Å². The van der Waals surface area contributed by atoms with Crippen LogP contribution in [0.1, 0.15) is 11.7 Å². The number of carbonyl (C=O) groups is 2. The first-order valence-electron chi connectivity index (χ1n) is 8.35. The normalized spacial score (nSPS) is 12.8. The summed E-state index contributed by atoms with van der Waals surface area (Å²) < 4.78 is 12.2. The molecule has 0 unspecified atom stereocenters. The van der Waals surface area contributed by atoms with Crippen LogP contribution >= 0.6 is 0 Å². The number of aryl methyl sites for hydroxylation is 2. The van der Waals surface area contributed by atoms with Gasteiger partial charge in [0.05, 0.1) is 17.4 Å². The number of imidazole rings is 1. The molecule has 12 nitrogen and oxygen atoms in total. The Kier molecular flexibility index (Phi) is 7.77. The van der Waals surface area contributed by atoms with E-state index >= 15 is 0 Å². The van der Waals surface area contributed by atoms with Crippen LogP contribution in [0.25, 0.3) is 11.0 Å². The number of aliphatic hydroxyl groups excluding tert-OH is 2. The smallest absolute Gasteiger partial charge is 0.335 e. The van der Waals surface area contributed by atoms with E-state index in [0.29, 0.717) is 24.7 Å². The van der Waals surface area contributed by atoms with Crippen molar-refractivity contribution in [1.82, 2.24) is 19.7 Å². The van der Waals surface area contributed by atoms with Crippen LogP contribution in [-0.4, -0.2) is 71.4 Å². The highest BCUT2D eigenvalue weighted by atomic mass is 16.5. The quantitative estimate of drug-likeness (QED) is 0.383. The highest BCUT2D eigenvalue weighted by molar-refractivity contribution is 5.83. The van der Waals surface area contributed by atoms with E-state index < -0.39 is 24.1 Å². The molecule has 0 aliphatic rings. The van der Waals surface area contributed by atoms with Gasteiger partial charge in [-0.1, -0.05) is 17.3 Å². The number of aliphatic hydroxyl groups is 2. The molecule has 0 aliphatic heterocycles. The molecule has 0 fully saturated rings. The molecule has 0 radical (unpaired) electrons. The molecular weight excluding hydrogens is 388 g/mol. The van der Waals surface area contributed by atoms with Crippen LogP contribution in [0, 0.1) is 0 Å². The Labute approximate surface area is 164 Å². The lowest BCUT2D eigenvalue weighted by atomic mass is 10.2. The van der Waals surface area contributed by atoms with E-state index in [1.54, 1.807) is 7.11 Å². The zero-order valence-electron chi connectivity index (χ0n) is 15.4. The van der Waals surface area contributed by atoms with Gasteiger partial charge in [0, 0.05) is 20.1 Å². The Morgan fingerprint density at radius 2 is 1.83 bits per heavy atom. The van der Waals surface area contributed by atoms with Gasteiger partial charge in [0.25, 0.3) is 0 Å². The van der Waals surface area contributed by atoms with Crippen LogP contribution in [0.15, 0.2) is 35.1 Å². The lowest BCUT2D eigenvalue weighted by Crippen LogP contribution is -2.39. The van der Waals surface area contributed by atoms with Crippen molar-refractivity contribution >= 4 is 23.0 Å². The first-order chi connectivity index (χ1) is 13.8. The molecule has 3 rings (SSSR count). The Bertz CT molecular complexity index is 936. The zero-order chi connectivity index (χ0) is 21.4. The van der Waals surface area contributed by atoms with Crippen molar-refractivity contribution in [1.29, 1.82) is 0 Å². The van der Waals surface area contributed by atoms with E-state index in [0.717, 1.165) is 17.6 Å². The summed E-state index contributed by atoms with van der Waals surface area (Å²) in [5.74, 6) is -2.34. The number of rotatable bonds is 8. The van der Waals surface area contributed by atoms with Crippen molar-refractivity contribution in [3.63, 3.8) is 0 Å². The van der Waals surface area contributed by atoms with Crippen LogP contribution in [0.3, 0.4) is 0 Å². The number of fused-ring (bicyclic) bond motifs is 1. The van der Waals surface area contributed by atoms with Gasteiger partial charge in [-0.05, 0) is 12.1 Å². The Morgan fingerprint density at radius 1 is 1.17 bits per heavy atom. The first kappa shape index (κ1) is 21.9. The van der Waals surface area contributed by atoms with Gasteiger partial charge in [0.2, 0.25) is 5.89 Å². The maximum atomic E-state index is 9.77. The summed E-state index contributed by atoms with van der Waals surface area (Å²) in [6.45, 7) is 1.13. The van der Waals surface area contributed by atoms with Crippen molar-refractivity contribution in [2.24, 2.45) is 0 Å². The number of carboxylic acid groups (broad SMARTS) is 2. The van der Waals surface area contributed by atoms with Crippen LogP contribution in [0.4, 0.5) is 0 Å². The predicted molar refractivity (Wildman–Crippen MR) is 95.7 cm³/mol. The fourth-order valence-electron chi connectivity index (χ4n) is 2.25. The summed E-state index contributed by atoms with van der Waals surface area (Å²) in [5, 5.41) is 36.4. The molecule has 0 saturated heterocycles. The number of benzene rings is 1. The highest BCUT2D eigenvalue weighted by Crippen LogP contribution is 2.12. The fraction of sp³-hybridized carbons (Fsp3) is 0.353. The third-order valence-corrected chi connectivity index (χ3v) is 3.68. The van der Waals surface area contributed by atoms with E-state index in [4.69, 9.17) is 29.7 Å². The molecular formula is C17H20N4O8. The van der Waals surface area contributed by atoms with Gasteiger partial charge >= 0.3 is 11.9 Å². The van der Waals surface area contributed by atoms with Crippen LogP contribution in [0.2, 0.25) is 0 Å². The minimum atomic E-state index is -2.27. The molecule has 3 aromatic rings. The molecule has 2 atom stereocenters. The molecule has 0 saturated carbocycles. The first-order valence-corrected chi connectivity index (χ1v) is 8.35. The average Bonchev–Trinajstić information content (AvgIpc) is 3.32. The summed E-state index contributed by atoms with van der Waals surface area (Å²) >= 11 is 0. The second-order valence-electron chi connectivity index (χ2n) is 5.78. The van der Waals surface area contributed by atoms with Gasteiger partial charge in [-0.15, -0.1) is 0 Å². The number of hydrogen-bond acceptors (Lipinski definition) is 9. The maximum Gasteiger partial charge on any atom is 0.335 e. The number of aromatic nitrogens is 4. The minimum absolute atomic E-state index is 0.373. The third kappa shape index (κ3) is 6.07. The average molecular weight is 408 g/mol. The molecule has 0 spiro atoms. The second-order valence-corrected chi connectivity index (χ2v) is 5.78. The fourth-order valence-corrected chi connectivity index (χ4v) is 2.25. The largest absolute Gasteiger partial charge is 0.479 e. The number of methoxy groups -OCH3 is 1. The Balaban J connectivity index is 0.000000257. The van der Waals surface area contributed by atoms with Gasteiger partial charge in [0.1, 0.15) is 6.61 Å². The monoisotopic (exact) mass is 408 g/mol. The van der Waals surface area contributed by atoms with Crippen LogP contribution in [-0.2, 0) is 33.9 Å². The van der Waals surface area contributed by atoms with Crippen LogP contribution < -0.4 is 0 Å². The van der Waals surface area contributed by atoms with E-state index in [1.165, 1.54) is 0 Å². The summed E-state index contributed by atoms with van der Waals surface area (Å²) in [7, 11) is 1.60. The van der Waals surface area contributed by atoms with Gasteiger partial charge in [-0.2, -0.15) is 4.98 Å². The summed E-state index contributed by atoms with van der Waals surface area (Å²) in [5.41, 5.74) is 2.10. The van der Waals surface area contributed by atoms with Crippen molar-refractivity contribution in [3.05, 3.63) is 42.3 Å². The van der Waals surface area contributed by atoms with Crippen molar-refractivity contribution < 1.29 is 39.3 Å². The molecule has 0 bridgehead atoms. The molecule has 2 aromatic heterocycles. The van der Waals surface area contributed by atoms with E-state index in [2.05, 4.69) is 19.7 Å². The van der Waals surface area contributed by atoms with E-state index in [-0.39, 0.29) is 0 Å². The topological polar surface area (TPSA) is 181 Å². The maximum absolute atomic E-state index is 9.77. The Hall–Kier alpha value is -3.35. The van der Waals surface area contributed by atoms with Crippen LogP contribution in [0.5, 0.6) is 0 Å². The number of hydrogen-bond donors (Lipinski definition) is 4. The third-order valence-electron chi connectivity index (χ3n) is 3.68. The summed E-state index contributed by atoms with van der Waals surface area (Å²) in [4.78, 5) is 28.1. The lowest BCUT2D eigenvalue weighted by molar-refractivity contribution is -0.165. The number of aliphatic carboxylic acids is 2. The molecule has 0 amide bonds. The predicted octanol–water partition coefficient (Wildman–Crippen LogP) is -0.314. The molecule has 12 heteroatoms. The van der Waals surface area contributed by atoms with Gasteiger partial charge in [0.15, 0.2) is 18.0 Å². The van der Waals surface area contributed by atoms with E-state index in [1.807, 2.05) is 30.6 Å². The second kappa shape index (κ2) is 10.3. The highest BCUT2D eigenvalue weighted by Gasteiger charge is 2.29. The van der Waals surface area contributed by atoms with Gasteiger partial charge < -0.3 is 34.3 Å². The number of para-hydroxylation sites is 2. The summed E-state index contributed by atoms with van der Waals surface area (Å²) in [6.07, 6.45) is -2.02. The molecule has 2 heterocycles. The number of ether oxygens (including phenoxy) is 1. The minimum Gasteiger partial charge on any atom is -0.479 e. The standard InChI is InChI=1S/C13H14N4O2.C4H6O6/c1-18-8-12-15-13(19-16-12)6-7-17-9-14-10-4-2-3-5-11(10)17;5-1(3(7)8)2(6)4(9)10/h2-5,9H,6-8H2,1H3;1-2,5-6H,(H,7,8)(H,9,10)/t;1-,2-/m.1/s1. The number of carboxylic acids is 2. The molecule has 0 aliphatic carbocycles. The lowest BCUT2D eigenvalue weighted by Gasteiger charge is -2.07. The van der Waals surface area contributed by atoms with E-state index in [9.17, 15) is 9.59 Å².